The number of aromatic nitrogens is 2. The van der Waals surface area contributed by atoms with E-state index in [9.17, 15) is 4.79 Å². The van der Waals surface area contributed by atoms with Gasteiger partial charge in [0.05, 0.1) is 23.8 Å². The average Bonchev–Trinajstić information content (AvgIpc) is 3.40. The summed E-state index contributed by atoms with van der Waals surface area (Å²) in [4.78, 5) is 22.5. The van der Waals surface area contributed by atoms with Crippen molar-refractivity contribution in [3.63, 3.8) is 0 Å². The van der Waals surface area contributed by atoms with Crippen LogP contribution in [0.5, 0.6) is 0 Å². The molecule has 2 atom stereocenters. The minimum Gasteiger partial charge on any atom is -0.385 e. The van der Waals surface area contributed by atoms with Gasteiger partial charge in [-0.15, -0.1) is 0 Å². The molecule has 2 aromatic rings. The van der Waals surface area contributed by atoms with Crippen molar-refractivity contribution in [2.45, 2.75) is 32.1 Å². The van der Waals surface area contributed by atoms with Crippen molar-refractivity contribution in [2.75, 3.05) is 35.2 Å². The number of hydrogen-bond donors (Lipinski definition) is 2. The number of halogens is 1. The molecule has 2 unspecified atom stereocenters. The first-order valence-corrected chi connectivity index (χ1v) is 10.9. The Morgan fingerprint density at radius 3 is 2.79 bits per heavy atom. The van der Waals surface area contributed by atoms with Crippen molar-refractivity contribution < 1.29 is 4.79 Å². The molecule has 1 aromatic carbocycles. The summed E-state index contributed by atoms with van der Waals surface area (Å²) in [5, 5.41) is 7.01. The minimum atomic E-state index is 0.0895. The van der Waals surface area contributed by atoms with Crippen molar-refractivity contribution >= 4 is 34.8 Å². The molecule has 0 bridgehead atoms. The Hall–Kier alpha value is -2.34. The third-order valence-corrected chi connectivity index (χ3v) is 6.78. The molecule has 1 saturated carbocycles. The standard InChI is InChI=1S/C22H26ClN5O/c23-17-12-25-22(26-13-17)28-7-4-14(5-8-28)19-10-15(19)3-6-24-18-1-2-20-16(9-18)11-21(29)27-20/h1-2,9,12-15,19,24H,3-8,10-11H2,(H,27,29). The SMILES string of the molecule is O=C1Cc2cc(NCCC3CC3C3CCN(c4ncc(Cl)cn4)CC3)ccc2N1. The summed E-state index contributed by atoms with van der Waals surface area (Å²) in [6.45, 7) is 3.07. The number of piperidine rings is 1. The molecule has 0 spiro atoms. The molecule has 1 aliphatic carbocycles. The molecule has 3 aliphatic rings. The lowest BCUT2D eigenvalue weighted by Crippen LogP contribution is -2.35. The average molecular weight is 412 g/mol. The second-order valence-corrected chi connectivity index (χ2v) is 8.93. The van der Waals surface area contributed by atoms with Gasteiger partial charge in [-0.2, -0.15) is 0 Å². The van der Waals surface area contributed by atoms with Crippen LogP contribution in [0, 0.1) is 17.8 Å². The summed E-state index contributed by atoms with van der Waals surface area (Å²) in [7, 11) is 0. The Bertz CT molecular complexity index is 895. The molecule has 2 aliphatic heterocycles. The van der Waals surface area contributed by atoms with Crippen molar-refractivity contribution in [3.8, 4) is 0 Å². The summed E-state index contributed by atoms with van der Waals surface area (Å²) in [5.41, 5.74) is 3.17. The molecule has 7 heteroatoms. The van der Waals surface area contributed by atoms with E-state index in [1.807, 2.05) is 6.07 Å². The van der Waals surface area contributed by atoms with Gasteiger partial charge in [-0.25, -0.2) is 9.97 Å². The molecule has 2 N–H and O–H groups in total. The molecule has 152 valence electrons. The van der Waals surface area contributed by atoms with Crippen LogP contribution in [-0.4, -0.2) is 35.5 Å². The van der Waals surface area contributed by atoms with Gasteiger partial charge >= 0.3 is 0 Å². The van der Waals surface area contributed by atoms with E-state index in [0.29, 0.717) is 11.4 Å². The quantitative estimate of drug-likeness (QED) is 0.752. The van der Waals surface area contributed by atoms with Gasteiger partial charge in [0.25, 0.3) is 0 Å². The van der Waals surface area contributed by atoms with Crippen LogP contribution in [0.1, 0.15) is 31.2 Å². The van der Waals surface area contributed by atoms with E-state index in [-0.39, 0.29) is 5.91 Å². The Kier molecular flexibility index (Phi) is 5.04. The Balaban J connectivity index is 1.05. The van der Waals surface area contributed by atoms with Crippen LogP contribution in [-0.2, 0) is 11.2 Å². The van der Waals surface area contributed by atoms with E-state index in [4.69, 9.17) is 11.6 Å². The molecule has 0 radical (unpaired) electrons. The van der Waals surface area contributed by atoms with Gasteiger partial charge in [0.1, 0.15) is 0 Å². The normalized spacial score (nSPS) is 23.6. The highest BCUT2D eigenvalue weighted by molar-refractivity contribution is 6.30. The first-order chi connectivity index (χ1) is 14.2. The highest BCUT2D eigenvalue weighted by Crippen LogP contribution is 2.49. The summed E-state index contributed by atoms with van der Waals surface area (Å²) >= 11 is 5.89. The van der Waals surface area contributed by atoms with Gasteiger partial charge in [-0.1, -0.05) is 11.6 Å². The zero-order chi connectivity index (χ0) is 19.8. The van der Waals surface area contributed by atoms with Crippen molar-refractivity contribution in [1.82, 2.24) is 9.97 Å². The lowest BCUT2D eigenvalue weighted by Gasteiger charge is -2.32. The van der Waals surface area contributed by atoms with E-state index in [2.05, 4.69) is 37.6 Å². The van der Waals surface area contributed by atoms with E-state index in [0.717, 1.165) is 60.3 Å². The Morgan fingerprint density at radius 2 is 2.00 bits per heavy atom. The predicted octanol–water partition coefficient (Wildman–Crippen LogP) is 3.98. The fourth-order valence-corrected chi connectivity index (χ4v) is 5.02. The highest BCUT2D eigenvalue weighted by Gasteiger charge is 2.43. The maximum Gasteiger partial charge on any atom is 0.228 e. The lowest BCUT2D eigenvalue weighted by molar-refractivity contribution is -0.115. The molecule has 1 aromatic heterocycles. The van der Waals surface area contributed by atoms with Gasteiger partial charge in [0.15, 0.2) is 0 Å². The topological polar surface area (TPSA) is 70.2 Å². The van der Waals surface area contributed by atoms with Crippen LogP contribution in [0.3, 0.4) is 0 Å². The zero-order valence-corrected chi connectivity index (χ0v) is 17.2. The van der Waals surface area contributed by atoms with Crippen LogP contribution in [0.15, 0.2) is 30.6 Å². The van der Waals surface area contributed by atoms with E-state index < -0.39 is 0 Å². The van der Waals surface area contributed by atoms with Gasteiger partial charge in [-0.05, 0) is 67.2 Å². The molecule has 6 nitrogen and oxygen atoms in total. The van der Waals surface area contributed by atoms with E-state index in [1.54, 1.807) is 12.4 Å². The molecule has 1 saturated heterocycles. The zero-order valence-electron chi connectivity index (χ0n) is 16.4. The summed E-state index contributed by atoms with van der Waals surface area (Å²) in [6, 6.07) is 6.16. The summed E-state index contributed by atoms with van der Waals surface area (Å²) in [5.74, 6) is 3.46. The minimum absolute atomic E-state index is 0.0895. The third kappa shape index (κ3) is 4.17. The number of nitrogens with one attached hydrogen (secondary N) is 2. The number of rotatable bonds is 6. The van der Waals surface area contributed by atoms with Gasteiger partial charge in [0, 0.05) is 31.0 Å². The first kappa shape index (κ1) is 18.7. The van der Waals surface area contributed by atoms with Gasteiger partial charge < -0.3 is 15.5 Å². The highest BCUT2D eigenvalue weighted by atomic mass is 35.5. The van der Waals surface area contributed by atoms with Gasteiger partial charge in [0.2, 0.25) is 11.9 Å². The van der Waals surface area contributed by atoms with Crippen molar-refractivity contribution in [1.29, 1.82) is 0 Å². The number of amides is 1. The molecule has 2 fully saturated rings. The third-order valence-electron chi connectivity index (χ3n) is 6.59. The summed E-state index contributed by atoms with van der Waals surface area (Å²) < 4.78 is 0. The number of carbonyl (C=O) groups is 1. The van der Waals surface area contributed by atoms with Crippen LogP contribution < -0.4 is 15.5 Å². The number of hydrogen-bond acceptors (Lipinski definition) is 5. The Morgan fingerprint density at radius 1 is 1.21 bits per heavy atom. The van der Waals surface area contributed by atoms with Crippen molar-refractivity contribution in [3.05, 3.63) is 41.2 Å². The summed E-state index contributed by atoms with van der Waals surface area (Å²) in [6.07, 6.45) is 8.89. The van der Waals surface area contributed by atoms with Crippen LogP contribution in [0.4, 0.5) is 17.3 Å². The first-order valence-electron chi connectivity index (χ1n) is 10.5. The van der Waals surface area contributed by atoms with E-state index in [1.165, 1.54) is 25.7 Å². The second kappa shape index (κ2) is 7.82. The number of benzene rings is 1. The molecule has 3 heterocycles. The molecule has 29 heavy (non-hydrogen) atoms. The maximum absolute atomic E-state index is 11.5. The smallest absolute Gasteiger partial charge is 0.228 e. The van der Waals surface area contributed by atoms with Crippen LogP contribution >= 0.6 is 11.6 Å². The molecular weight excluding hydrogens is 386 g/mol. The number of fused-ring (bicyclic) bond motifs is 1. The predicted molar refractivity (Wildman–Crippen MR) is 115 cm³/mol. The maximum atomic E-state index is 11.5. The van der Waals surface area contributed by atoms with Crippen molar-refractivity contribution in [2.24, 2.45) is 17.8 Å². The molecule has 5 rings (SSSR count). The van der Waals surface area contributed by atoms with E-state index >= 15 is 0 Å². The molecule has 1 amide bonds. The fraction of sp³-hybridized carbons (Fsp3) is 0.500. The van der Waals surface area contributed by atoms with Crippen LogP contribution in [0.2, 0.25) is 5.02 Å². The number of carbonyl (C=O) groups excluding carboxylic acids is 1. The Labute approximate surface area is 176 Å². The van der Waals surface area contributed by atoms with Crippen LogP contribution in [0.25, 0.3) is 0 Å². The second-order valence-electron chi connectivity index (χ2n) is 8.50. The number of anilines is 3. The molecular formula is C22H26ClN5O. The number of nitrogens with zero attached hydrogens (tertiary/aromatic N) is 3. The lowest BCUT2D eigenvalue weighted by atomic mass is 9.90. The van der Waals surface area contributed by atoms with Gasteiger partial charge in [-0.3, -0.25) is 4.79 Å². The fourth-order valence-electron chi connectivity index (χ4n) is 4.92. The monoisotopic (exact) mass is 411 g/mol. The largest absolute Gasteiger partial charge is 0.385 e.